The Bertz CT molecular complexity index is 641. The zero-order valence-corrected chi connectivity index (χ0v) is 10.8. The first-order valence-corrected chi connectivity index (χ1v) is 6.25. The molecule has 1 amide bonds. The van der Waals surface area contributed by atoms with Crippen molar-refractivity contribution in [1.29, 1.82) is 0 Å². The standard InChI is InChI=1S/C15H14N2O3/c16-11-7-13-14(20-9-19-13)8-12(11)17-15(18)6-10-4-2-1-3-5-10/h1-5,7-8H,6,9,16H2,(H,17,18). The van der Waals surface area contributed by atoms with E-state index >= 15 is 0 Å². The van der Waals surface area contributed by atoms with Gasteiger partial charge in [-0.3, -0.25) is 4.79 Å². The molecule has 5 nitrogen and oxygen atoms in total. The van der Waals surface area contributed by atoms with Crippen LogP contribution in [0.3, 0.4) is 0 Å². The molecule has 0 bridgehead atoms. The number of hydrogen-bond acceptors (Lipinski definition) is 4. The summed E-state index contributed by atoms with van der Waals surface area (Å²) in [6.45, 7) is 0.177. The maximum atomic E-state index is 12.0. The van der Waals surface area contributed by atoms with Crippen LogP contribution in [-0.2, 0) is 11.2 Å². The summed E-state index contributed by atoms with van der Waals surface area (Å²) in [6, 6.07) is 12.9. The van der Waals surface area contributed by atoms with E-state index in [4.69, 9.17) is 15.2 Å². The number of anilines is 2. The minimum atomic E-state index is -0.123. The summed E-state index contributed by atoms with van der Waals surface area (Å²) in [5.74, 6) is 1.07. The van der Waals surface area contributed by atoms with E-state index in [1.165, 1.54) is 0 Å². The van der Waals surface area contributed by atoms with Gasteiger partial charge in [0.15, 0.2) is 11.5 Å². The summed E-state index contributed by atoms with van der Waals surface area (Å²) >= 11 is 0. The second-order valence-corrected chi connectivity index (χ2v) is 4.50. The topological polar surface area (TPSA) is 73.6 Å². The minimum absolute atomic E-state index is 0.123. The van der Waals surface area contributed by atoms with Gasteiger partial charge in [0, 0.05) is 12.1 Å². The molecule has 0 saturated carbocycles. The van der Waals surface area contributed by atoms with Crippen LogP contribution in [-0.4, -0.2) is 12.7 Å². The van der Waals surface area contributed by atoms with E-state index in [0.717, 1.165) is 5.56 Å². The highest BCUT2D eigenvalue weighted by molar-refractivity contribution is 5.95. The highest BCUT2D eigenvalue weighted by atomic mass is 16.7. The van der Waals surface area contributed by atoms with Crippen molar-refractivity contribution in [2.45, 2.75) is 6.42 Å². The Labute approximate surface area is 116 Å². The van der Waals surface area contributed by atoms with Gasteiger partial charge in [-0.1, -0.05) is 30.3 Å². The first-order chi connectivity index (χ1) is 9.72. The molecule has 3 rings (SSSR count). The third-order valence-electron chi connectivity index (χ3n) is 3.03. The fraction of sp³-hybridized carbons (Fsp3) is 0.133. The first-order valence-electron chi connectivity index (χ1n) is 6.25. The Hall–Kier alpha value is -2.69. The number of nitrogen functional groups attached to an aromatic ring is 1. The van der Waals surface area contributed by atoms with E-state index in [0.29, 0.717) is 29.3 Å². The van der Waals surface area contributed by atoms with Crippen LogP contribution in [0, 0.1) is 0 Å². The third kappa shape index (κ3) is 2.51. The van der Waals surface area contributed by atoms with Crippen LogP contribution in [0.1, 0.15) is 5.56 Å². The fourth-order valence-corrected chi connectivity index (χ4v) is 2.04. The largest absolute Gasteiger partial charge is 0.454 e. The molecule has 20 heavy (non-hydrogen) atoms. The molecule has 2 aromatic carbocycles. The Balaban J connectivity index is 1.73. The molecule has 1 aliphatic heterocycles. The highest BCUT2D eigenvalue weighted by Gasteiger charge is 2.17. The van der Waals surface area contributed by atoms with Gasteiger partial charge in [-0.15, -0.1) is 0 Å². The van der Waals surface area contributed by atoms with Crippen molar-refractivity contribution in [3.8, 4) is 11.5 Å². The van der Waals surface area contributed by atoms with Gasteiger partial charge < -0.3 is 20.5 Å². The SMILES string of the molecule is Nc1cc2c(cc1NC(=O)Cc1ccccc1)OCO2. The molecule has 1 aliphatic rings. The Morgan fingerprint density at radius 3 is 2.60 bits per heavy atom. The van der Waals surface area contributed by atoms with Crippen LogP contribution in [0.25, 0.3) is 0 Å². The van der Waals surface area contributed by atoms with E-state index in [1.54, 1.807) is 12.1 Å². The molecule has 102 valence electrons. The van der Waals surface area contributed by atoms with Gasteiger partial charge in [0.05, 0.1) is 17.8 Å². The predicted molar refractivity (Wildman–Crippen MR) is 75.8 cm³/mol. The summed E-state index contributed by atoms with van der Waals surface area (Å²) in [6.07, 6.45) is 0.300. The van der Waals surface area contributed by atoms with Gasteiger partial charge in [0.1, 0.15) is 0 Å². The molecule has 0 saturated heterocycles. The maximum absolute atomic E-state index is 12.0. The van der Waals surface area contributed by atoms with E-state index < -0.39 is 0 Å². The average molecular weight is 270 g/mol. The lowest BCUT2D eigenvalue weighted by Crippen LogP contribution is -2.15. The molecule has 0 aliphatic carbocycles. The van der Waals surface area contributed by atoms with Gasteiger partial charge in [-0.05, 0) is 5.56 Å². The number of carbonyl (C=O) groups is 1. The smallest absolute Gasteiger partial charge is 0.231 e. The quantitative estimate of drug-likeness (QED) is 0.838. The highest BCUT2D eigenvalue weighted by Crippen LogP contribution is 2.38. The number of amides is 1. The molecule has 3 N–H and O–H groups in total. The Morgan fingerprint density at radius 2 is 1.85 bits per heavy atom. The molecule has 0 unspecified atom stereocenters. The second-order valence-electron chi connectivity index (χ2n) is 4.50. The number of ether oxygens (including phenoxy) is 2. The summed E-state index contributed by atoms with van der Waals surface area (Å²) in [5, 5.41) is 2.79. The molecule has 1 heterocycles. The number of benzene rings is 2. The van der Waals surface area contributed by atoms with E-state index in [9.17, 15) is 4.79 Å². The molecule has 0 spiro atoms. The van der Waals surface area contributed by atoms with Crippen molar-refractivity contribution in [3.63, 3.8) is 0 Å². The van der Waals surface area contributed by atoms with Gasteiger partial charge in [0.2, 0.25) is 12.7 Å². The number of nitrogens with one attached hydrogen (secondary N) is 1. The fourth-order valence-electron chi connectivity index (χ4n) is 2.04. The molecule has 0 fully saturated rings. The molecule has 0 atom stereocenters. The maximum Gasteiger partial charge on any atom is 0.231 e. The summed E-state index contributed by atoms with van der Waals surface area (Å²) in [4.78, 5) is 12.0. The van der Waals surface area contributed by atoms with Crippen molar-refractivity contribution < 1.29 is 14.3 Å². The number of nitrogens with two attached hydrogens (primary N) is 1. The first kappa shape index (κ1) is 12.3. The normalized spacial score (nSPS) is 12.2. The number of rotatable bonds is 3. The van der Waals surface area contributed by atoms with E-state index in [1.807, 2.05) is 30.3 Å². The Kier molecular flexibility index (Phi) is 3.16. The number of fused-ring (bicyclic) bond motifs is 1. The van der Waals surface area contributed by atoms with E-state index in [-0.39, 0.29) is 12.7 Å². The lowest BCUT2D eigenvalue weighted by atomic mass is 10.1. The van der Waals surface area contributed by atoms with Crippen molar-refractivity contribution in [3.05, 3.63) is 48.0 Å². The lowest BCUT2D eigenvalue weighted by molar-refractivity contribution is -0.115. The monoisotopic (exact) mass is 270 g/mol. The summed E-state index contributed by atoms with van der Waals surface area (Å²) in [7, 11) is 0. The third-order valence-corrected chi connectivity index (χ3v) is 3.03. The lowest BCUT2D eigenvalue weighted by Gasteiger charge is -2.09. The second kappa shape index (κ2) is 5.13. The van der Waals surface area contributed by atoms with Crippen LogP contribution < -0.4 is 20.5 Å². The zero-order chi connectivity index (χ0) is 13.9. The zero-order valence-electron chi connectivity index (χ0n) is 10.8. The molecule has 0 aromatic heterocycles. The van der Waals surface area contributed by atoms with Crippen molar-refractivity contribution in [2.24, 2.45) is 0 Å². The number of carbonyl (C=O) groups excluding carboxylic acids is 1. The van der Waals surface area contributed by atoms with Crippen molar-refractivity contribution >= 4 is 17.3 Å². The average Bonchev–Trinajstić information content (AvgIpc) is 2.87. The van der Waals surface area contributed by atoms with Crippen LogP contribution in [0.15, 0.2) is 42.5 Å². The molecule has 2 aromatic rings. The minimum Gasteiger partial charge on any atom is -0.454 e. The predicted octanol–water partition coefficient (Wildman–Crippen LogP) is 2.18. The van der Waals surface area contributed by atoms with Gasteiger partial charge in [-0.25, -0.2) is 0 Å². The Morgan fingerprint density at radius 1 is 1.15 bits per heavy atom. The molecular weight excluding hydrogens is 256 g/mol. The van der Waals surface area contributed by atoms with Crippen molar-refractivity contribution in [1.82, 2.24) is 0 Å². The van der Waals surface area contributed by atoms with Gasteiger partial charge in [-0.2, -0.15) is 0 Å². The number of hydrogen-bond donors (Lipinski definition) is 2. The van der Waals surface area contributed by atoms with Gasteiger partial charge >= 0.3 is 0 Å². The van der Waals surface area contributed by atoms with Gasteiger partial charge in [0.25, 0.3) is 0 Å². The molecule has 0 radical (unpaired) electrons. The van der Waals surface area contributed by atoms with E-state index in [2.05, 4.69) is 5.32 Å². The summed E-state index contributed by atoms with van der Waals surface area (Å²) in [5.41, 5.74) is 7.82. The molecule has 5 heteroatoms. The van der Waals surface area contributed by atoms with Crippen LogP contribution in [0.4, 0.5) is 11.4 Å². The summed E-state index contributed by atoms with van der Waals surface area (Å²) < 4.78 is 10.5. The van der Waals surface area contributed by atoms with Crippen LogP contribution >= 0.6 is 0 Å². The molecular formula is C15H14N2O3. The van der Waals surface area contributed by atoms with Crippen LogP contribution in [0.5, 0.6) is 11.5 Å². The van der Waals surface area contributed by atoms with Crippen molar-refractivity contribution in [2.75, 3.05) is 17.8 Å². The van der Waals surface area contributed by atoms with Crippen LogP contribution in [0.2, 0.25) is 0 Å².